The Morgan fingerprint density at radius 3 is 2.35 bits per heavy atom. The van der Waals surface area contributed by atoms with E-state index >= 15 is 0 Å². The molecule has 5 heteroatoms. The van der Waals surface area contributed by atoms with E-state index in [1.165, 1.54) is 13.2 Å². The molecule has 0 aliphatic rings. The van der Waals surface area contributed by atoms with Crippen molar-refractivity contribution in [1.29, 1.82) is 0 Å². The first-order valence-corrected chi connectivity index (χ1v) is 6.57. The summed E-state index contributed by atoms with van der Waals surface area (Å²) in [5, 5.41) is 0. The summed E-state index contributed by atoms with van der Waals surface area (Å²) in [4.78, 5) is 10.7. The number of carbonyl (C=O) groups excluding carboxylic acids is 1. The van der Waals surface area contributed by atoms with Gasteiger partial charge < -0.3 is 9.47 Å². The molecule has 0 atom stereocenters. The molecule has 2 rings (SSSR count). The van der Waals surface area contributed by atoms with Crippen molar-refractivity contribution in [2.75, 3.05) is 14.2 Å². The van der Waals surface area contributed by atoms with E-state index in [-0.39, 0.29) is 5.56 Å². The van der Waals surface area contributed by atoms with E-state index in [2.05, 4.69) is 15.9 Å². The highest BCUT2D eigenvalue weighted by Gasteiger charge is 2.16. The summed E-state index contributed by atoms with van der Waals surface area (Å²) in [6.07, 6.45) is 0.605. The molecule has 0 saturated carbocycles. The maximum atomic E-state index is 14.1. The number of methoxy groups -OCH3 is 2. The van der Waals surface area contributed by atoms with Gasteiger partial charge >= 0.3 is 0 Å². The molecule has 0 N–H and O–H groups in total. The van der Waals surface area contributed by atoms with Gasteiger partial charge in [-0.05, 0) is 34.1 Å². The molecule has 0 amide bonds. The second-order valence-corrected chi connectivity index (χ2v) is 4.81. The van der Waals surface area contributed by atoms with Gasteiger partial charge in [0.25, 0.3) is 0 Å². The third-order valence-corrected chi connectivity index (χ3v) is 3.66. The lowest BCUT2D eigenvalue weighted by atomic mass is 10.0. The molecule has 2 aromatic rings. The predicted molar refractivity (Wildman–Crippen MR) is 78.0 cm³/mol. The molecule has 2 aromatic carbocycles. The van der Waals surface area contributed by atoms with Crippen molar-refractivity contribution in [3.05, 3.63) is 46.2 Å². The van der Waals surface area contributed by atoms with Gasteiger partial charge in [0.05, 0.1) is 14.2 Å². The highest BCUT2D eigenvalue weighted by Crippen LogP contribution is 2.42. The molecule has 0 aromatic heterocycles. The molecule has 0 unspecified atom stereocenters. The molecule has 0 saturated heterocycles. The molecule has 0 aliphatic carbocycles. The molecular weight excluding hydrogens is 327 g/mol. The first-order valence-electron chi connectivity index (χ1n) is 5.78. The monoisotopic (exact) mass is 338 g/mol. The van der Waals surface area contributed by atoms with Gasteiger partial charge in [0.2, 0.25) is 0 Å². The van der Waals surface area contributed by atoms with Crippen LogP contribution in [-0.2, 0) is 0 Å². The fraction of sp³-hybridized carbons (Fsp3) is 0.133. The number of halogens is 2. The lowest BCUT2D eigenvalue weighted by Crippen LogP contribution is -1.95. The van der Waals surface area contributed by atoms with Crippen LogP contribution in [0.2, 0.25) is 0 Å². The average molecular weight is 339 g/mol. The smallest absolute Gasteiger partial charge is 0.150 e. The van der Waals surface area contributed by atoms with E-state index in [1.807, 2.05) is 0 Å². The quantitative estimate of drug-likeness (QED) is 0.788. The second kappa shape index (κ2) is 6.05. The minimum absolute atomic E-state index is 0.290. The number of aldehydes is 1. The Morgan fingerprint density at radius 2 is 1.80 bits per heavy atom. The fourth-order valence-corrected chi connectivity index (χ4v) is 2.60. The summed E-state index contributed by atoms with van der Waals surface area (Å²) in [6.45, 7) is 0. The first-order chi connectivity index (χ1) is 9.62. The maximum Gasteiger partial charge on any atom is 0.150 e. The number of carbonyl (C=O) groups is 1. The van der Waals surface area contributed by atoms with Crippen LogP contribution in [-0.4, -0.2) is 20.5 Å². The normalized spacial score (nSPS) is 10.2. The van der Waals surface area contributed by atoms with Crippen molar-refractivity contribution in [2.45, 2.75) is 0 Å². The van der Waals surface area contributed by atoms with Crippen LogP contribution in [0, 0.1) is 5.82 Å². The molecule has 104 valence electrons. The van der Waals surface area contributed by atoms with Crippen molar-refractivity contribution in [1.82, 2.24) is 0 Å². The lowest BCUT2D eigenvalue weighted by Gasteiger charge is -2.14. The van der Waals surface area contributed by atoms with Crippen LogP contribution >= 0.6 is 15.9 Å². The number of ether oxygens (including phenoxy) is 2. The lowest BCUT2D eigenvalue weighted by molar-refractivity contribution is 0.112. The second-order valence-electron chi connectivity index (χ2n) is 4.02. The van der Waals surface area contributed by atoms with E-state index in [1.54, 1.807) is 31.4 Å². The van der Waals surface area contributed by atoms with Crippen molar-refractivity contribution >= 4 is 22.2 Å². The summed E-state index contributed by atoms with van der Waals surface area (Å²) in [6, 6.07) is 7.73. The van der Waals surface area contributed by atoms with Gasteiger partial charge in [-0.3, -0.25) is 4.79 Å². The van der Waals surface area contributed by atoms with Gasteiger partial charge in [-0.25, -0.2) is 4.39 Å². The predicted octanol–water partition coefficient (Wildman–Crippen LogP) is 4.08. The molecule has 0 spiro atoms. The number of benzene rings is 2. The average Bonchev–Trinajstić information content (AvgIpc) is 2.46. The molecule has 0 heterocycles. The standard InChI is InChI=1S/C15H12BrFO3/c1-19-13-6-5-11(15(20-2)14(13)16)10-4-3-9(8-18)7-12(10)17/h3-8H,1-2H3. The maximum absolute atomic E-state index is 14.1. The molecule has 0 aliphatic heterocycles. The minimum Gasteiger partial charge on any atom is -0.495 e. The van der Waals surface area contributed by atoms with Crippen molar-refractivity contribution in [3.8, 4) is 22.6 Å². The van der Waals surface area contributed by atoms with Gasteiger partial charge in [0.1, 0.15) is 28.1 Å². The van der Waals surface area contributed by atoms with Crippen LogP contribution in [0.25, 0.3) is 11.1 Å². The van der Waals surface area contributed by atoms with Crippen LogP contribution < -0.4 is 9.47 Å². The molecule has 20 heavy (non-hydrogen) atoms. The summed E-state index contributed by atoms with van der Waals surface area (Å²) in [7, 11) is 3.04. The van der Waals surface area contributed by atoms with E-state index in [0.717, 1.165) is 0 Å². The Bertz CT molecular complexity index is 656. The number of hydrogen-bond acceptors (Lipinski definition) is 3. The van der Waals surface area contributed by atoms with Crippen LogP contribution in [0.5, 0.6) is 11.5 Å². The van der Waals surface area contributed by atoms with Gasteiger partial charge in [-0.2, -0.15) is 0 Å². The Hall–Kier alpha value is -1.88. The van der Waals surface area contributed by atoms with Crippen molar-refractivity contribution < 1.29 is 18.7 Å². The molecule has 0 radical (unpaired) electrons. The molecule has 0 bridgehead atoms. The summed E-state index contributed by atoms with van der Waals surface area (Å²) < 4.78 is 25.2. The Labute approximate surface area is 124 Å². The van der Waals surface area contributed by atoms with Crippen molar-refractivity contribution in [2.24, 2.45) is 0 Å². The Balaban J connectivity index is 2.63. The zero-order valence-electron chi connectivity index (χ0n) is 10.9. The van der Waals surface area contributed by atoms with Crippen LogP contribution in [0.15, 0.2) is 34.8 Å². The van der Waals surface area contributed by atoms with Crippen LogP contribution in [0.4, 0.5) is 4.39 Å². The topological polar surface area (TPSA) is 35.5 Å². The zero-order valence-corrected chi connectivity index (χ0v) is 12.5. The van der Waals surface area contributed by atoms with Gasteiger partial charge in [0.15, 0.2) is 0 Å². The first kappa shape index (κ1) is 14.5. The number of hydrogen-bond donors (Lipinski definition) is 0. The largest absolute Gasteiger partial charge is 0.495 e. The summed E-state index contributed by atoms with van der Waals surface area (Å²) in [5.41, 5.74) is 1.23. The number of rotatable bonds is 4. The van der Waals surface area contributed by atoms with Gasteiger partial charge in [-0.15, -0.1) is 0 Å². The van der Waals surface area contributed by atoms with Crippen LogP contribution in [0.1, 0.15) is 10.4 Å². The third-order valence-electron chi connectivity index (χ3n) is 2.91. The molecule has 0 fully saturated rings. The highest BCUT2D eigenvalue weighted by molar-refractivity contribution is 9.10. The molecular formula is C15H12BrFO3. The third kappa shape index (κ3) is 2.54. The molecule has 3 nitrogen and oxygen atoms in total. The van der Waals surface area contributed by atoms with E-state index < -0.39 is 5.82 Å². The zero-order chi connectivity index (χ0) is 14.7. The van der Waals surface area contributed by atoms with E-state index in [9.17, 15) is 9.18 Å². The van der Waals surface area contributed by atoms with E-state index in [0.29, 0.717) is 33.4 Å². The van der Waals surface area contributed by atoms with Gasteiger partial charge in [-0.1, -0.05) is 12.1 Å². The van der Waals surface area contributed by atoms with Gasteiger partial charge in [0, 0.05) is 16.7 Å². The SMILES string of the molecule is COc1ccc(-c2ccc(C=O)cc2F)c(OC)c1Br. The van der Waals surface area contributed by atoms with E-state index in [4.69, 9.17) is 9.47 Å². The summed E-state index contributed by atoms with van der Waals surface area (Å²) >= 11 is 3.37. The van der Waals surface area contributed by atoms with Crippen molar-refractivity contribution in [3.63, 3.8) is 0 Å². The fourth-order valence-electron chi connectivity index (χ4n) is 1.93. The highest BCUT2D eigenvalue weighted by atomic mass is 79.9. The Kier molecular flexibility index (Phi) is 4.39. The minimum atomic E-state index is -0.482. The Morgan fingerprint density at radius 1 is 1.10 bits per heavy atom. The van der Waals surface area contributed by atoms with Crippen LogP contribution in [0.3, 0.4) is 0 Å². The summed E-state index contributed by atoms with van der Waals surface area (Å²) in [5.74, 6) is 0.586.